The molecule has 1 amide bonds. The molecule has 0 aliphatic heterocycles. The Morgan fingerprint density at radius 2 is 2.07 bits per heavy atom. The van der Waals surface area contributed by atoms with E-state index in [0.717, 1.165) is 35.3 Å². The van der Waals surface area contributed by atoms with Crippen LogP contribution < -0.4 is 10.6 Å². The minimum Gasteiger partial charge on any atom is -0.469 e. The van der Waals surface area contributed by atoms with E-state index in [9.17, 15) is 4.79 Å². The molecule has 1 aliphatic carbocycles. The lowest BCUT2D eigenvalue weighted by Crippen LogP contribution is -2.25. The number of hydrogen-bond acceptors (Lipinski definition) is 5. The third-order valence-electron chi connectivity index (χ3n) is 5.02. The average Bonchev–Trinajstić information content (AvgIpc) is 3.39. The van der Waals surface area contributed by atoms with Crippen LogP contribution in [-0.2, 0) is 17.8 Å². The summed E-state index contributed by atoms with van der Waals surface area (Å²) >= 11 is 6.18. The Kier molecular flexibility index (Phi) is 5.76. The molecule has 0 bridgehead atoms. The molecule has 0 saturated heterocycles. The largest absolute Gasteiger partial charge is 0.469 e. The highest BCUT2D eigenvalue weighted by atomic mass is 35.5. The Balaban J connectivity index is 1.46. The van der Waals surface area contributed by atoms with E-state index in [-0.39, 0.29) is 12.5 Å². The fourth-order valence-corrected chi connectivity index (χ4v) is 3.73. The fourth-order valence-electron chi connectivity index (χ4n) is 3.56. The second kappa shape index (κ2) is 8.61. The number of halogens is 1. The minimum atomic E-state index is -0.0542. The van der Waals surface area contributed by atoms with E-state index < -0.39 is 0 Å². The van der Waals surface area contributed by atoms with Crippen molar-refractivity contribution in [3.8, 4) is 0 Å². The van der Waals surface area contributed by atoms with Gasteiger partial charge in [-0.1, -0.05) is 24.4 Å². The predicted molar refractivity (Wildman–Crippen MR) is 109 cm³/mol. The number of amides is 1. The molecule has 0 atom stereocenters. The Hall–Kier alpha value is -2.60. The van der Waals surface area contributed by atoms with Gasteiger partial charge >= 0.3 is 0 Å². The van der Waals surface area contributed by atoms with E-state index in [4.69, 9.17) is 16.0 Å². The van der Waals surface area contributed by atoms with Crippen LogP contribution in [0.15, 0.2) is 41.0 Å². The van der Waals surface area contributed by atoms with E-state index in [2.05, 4.69) is 20.6 Å². The van der Waals surface area contributed by atoms with Crippen molar-refractivity contribution in [2.24, 2.45) is 0 Å². The van der Waals surface area contributed by atoms with E-state index in [0.29, 0.717) is 29.7 Å². The van der Waals surface area contributed by atoms with Crippen LogP contribution in [0.1, 0.15) is 43.7 Å². The Bertz CT molecular complexity index is 952. The van der Waals surface area contributed by atoms with Crippen molar-refractivity contribution in [2.45, 2.75) is 51.1 Å². The second-order valence-corrected chi connectivity index (χ2v) is 7.57. The summed E-state index contributed by atoms with van der Waals surface area (Å²) in [5, 5.41) is 8.01. The van der Waals surface area contributed by atoms with E-state index in [1.54, 1.807) is 6.26 Å². The molecule has 1 fully saturated rings. The molecule has 6 nitrogen and oxygen atoms in total. The topological polar surface area (TPSA) is 80.0 Å². The predicted octanol–water partition coefficient (Wildman–Crippen LogP) is 4.48. The smallest absolute Gasteiger partial charge is 0.220 e. The summed E-state index contributed by atoms with van der Waals surface area (Å²) in [5.41, 5.74) is 0.819. The van der Waals surface area contributed by atoms with Crippen molar-refractivity contribution in [3.05, 3.63) is 53.2 Å². The van der Waals surface area contributed by atoms with Gasteiger partial charge in [-0.2, -0.15) is 0 Å². The van der Waals surface area contributed by atoms with Crippen molar-refractivity contribution in [2.75, 3.05) is 5.32 Å². The molecule has 28 heavy (non-hydrogen) atoms. The molecule has 1 saturated carbocycles. The van der Waals surface area contributed by atoms with Gasteiger partial charge in [0, 0.05) is 29.3 Å². The van der Waals surface area contributed by atoms with E-state index >= 15 is 0 Å². The molecule has 3 aromatic rings. The van der Waals surface area contributed by atoms with Crippen LogP contribution in [0.2, 0.25) is 5.02 Å². The molecule has 1 aliphatic rings. The van der Waals surface area contributed by atoms with Crippen LogP contribution in [0.4, 0.5) is 5.82 Å². The maximum absolute atomic E-state index is 12.1. The summed E-state index contributed by atoms with van der Waals surface area (Å²) in [6, 6.07) is 9.71. The standard InChI is InChI=1S/C21H23ClN4O2/c22-14-7-9-18-17(12-14)21(24-15-4-1-2-5-15)26-19(25-18)13-23-20(27)10-8-16-6-3-11-28-16/h3,6-7,9,11-12,15H,1-2,4-5,8,10,13H2,(H,23,27)(H,24,25,26). The van der Waals surface area contributed by atoms with E-state index in [1.807, 2.05) is 30.3 Å². The summed E-state index contributed by atoms with van der Waals surface area (Å²) in [4.78, 5) is 21.4. The number of hydrogen-bond donors (Lipinski definition) is 2. The summed E-state index contributed by atoms with van der Waals surface area (Å²) in [7, 11) is 0. The van der Waals surface area contributed by atoms with Crippen molar-refractivity contribution >= 4 is 34.2 Å². The quantitative estimate of drug-likeness (QED) is 0.613. The monoisotopic (exact) mass is 398 g/mol. The van der Waals surface area contributed by atoms with Gasteiger partial charge in [0.1, 0.15) is 11.6 Å². The number of fused-ring (bicyclic) bond motifs is 1. The first-order chi connectivity index (χ1) is 13.7. The lowest BCUT2D eigenvalue weighted by molar-refractivity contribution is -0.121. The number of aromatic nitrogens is 2. The SMILES string of the molecule is O=C(CCc1ccco1)NCc1nc(NC2CCCC2)c2cc(Cl)ccc2n1. The summed E-state index contributed by atoms with van der Waals surface area (Å²) in [6.45, 7) is 0.287. The van der Waals surface area contributed by atoms with Gasteiger partial charge in [-0.25, -0.2) is 9.97 Å². The van der Waals surface area contributed by atoms with Crippen molar-refractivity contribution in [1.29, 1.82) is 0 Å². The van der Waals surface area contributed by atoms with Crippen molar-refractivity contribution < 1.29 is 9.21 Å². The van der Waals surface area contributed by atoms with Gasteiger partial charge in [0.05, 0.1) is 18.3 Å². The van der Waals surface area contributed by atoms with Gasteiger partial charge in [0.2, 0.25) is 5.91 Å². The molecular formula is C21H23ClN4O2. The minimum absolute atomic E-state index is 0.0542. The molecule has 1 aromatic carbocycles. The number of anilines is 1. The first-order valence-corrected chi connectivity index (χ1v) is 10.1. The Morgan fingerprint density at radius 3 is 2.86 bits per heavy atom. The summed E-state index contributed by atoms with van der Waals surface area (Å²) in [6.07, 6.45) is 7.31. The Morgan fingerprint density at radius 1 is 1.21 bits per heavy atom. The number of nitrogens with zero attached hydrogens (tertiary/aromatic N) is 2. The number of rotatable bonds is 7. The zero-order valence-corrected chi connectivity index (χ0v) is 16.3. The number of carbonyl (C=O) groups is 1. The number of carbonyl (C=O) groups excluding carboxylic acids is 1. The van der Waals surface area contributed by atoms with Gasteiger partial charge in [0.15, 0.2) is 5.82 Å². The van der Waals surface area contributed by atoms with E-state index in [1.165, 1.54) is 12.8 Å². The van der Waals surface area contributed by atoms with Gasteiger partial charge in [-0.15, -0.1) is 0 Å². The number of nitrogens with one attached hydrogen (secondary N) is 2. The fraction of sp³-hybridized carbons (Fsp3) is 0.381. The normalized spacial score (nSPS) is 14.5. The maximum atomic E-state index is 12.1. The number of furan rings is 1. The highest BCUT2D eigenvalue weighted by molar-refractivity contribution is 6.31. The highest BCUT2D eigenvalue weighted by Gasteiger charge is 2.17. The third kappa shape index (κ3) is 4.62. The molecule has 0 spiro atoms. The van der Waals surface area contributed by atoms with Gasteiger partial charge < -0.3 is 15.1 Å². The molecule has 0 radical (unpaired) electrons. The van der Waals surface area contributed by atoms with Gasteiger partial charge in [-0.05, 0) is 43.2 Å². The number of benzene rings is 1. The first kappa shape index (κ1) is 18.7. The molecule has 2 N–H and O–H groups in total. The molecule has 2 aromatic heterocycles. The molecule has 146 valence electrons. The maximum Gasteiger partial charge on any atom is 0.220 e. The molecule has 7 heteroatoms. The molecule has 2 heterocycles. The van der Waals surface area contributed by atoms with Crippen LogP contribution in [0.25, 0.3) is 10.9 Å². The van der Waals surface area contributed by atoms with Crippen LogP contribution in [0.5, 0.6) is 0 Å². The lowest BCUT2D eigenvalue weighted by atomic mass is 10.2. The average molecular weight is 399 g/mol. The van der Waals surface area contributed by atoms with Crippen molar-refractivity contribution in [3.63, 3.8) is 0 Å². The van der Waals surface area contributed by atoms with Crippen LogP contribution >= 0.6 is 11.6 Å². The zero-order chi connectivity index (χ0) is 19.3. The van der Waals surface area contributed by atoms with Gasteiger partial charge in [-0.3, -0.25) is 4.79 Å². The Labute approximate surface area is 168 Å². The third-order valence-corrected chi connectivity index (χ3v) is 5.26. The molecular weight excluding hydrogens is 376 g/mol. The van der Waals surface area contributed by atoms with Gasteiger partial charge in [0.25, 0.3) is 0 Å². The van der Waals surface area contributed by atoms with Crippen LogP contribution in [0.3, 0.4) is 0 Å². The lowest BCUT2D eigenvalue weighted by Gasteiger charge is -2.16. The highest BCUT2D eigenvalue weighted by Crippen LogP contribution is 2.28. The van der Waals surface area contributed by atoms with Crippen LogP contribution in [-0.4, -0.2) is 21.9 Å². The molecule has 0 unspecified atom stereocenters. The number of aryl methyl sites for hydroxylation is 1. The second-order valence-electron chi connectivity index (χ2n) is 7.13. The first-order valence-electron chi connectivity index (χ1n) is 9.69. The van der Waals surface area contributed by atoms with Crippen molar-refractivity contribution in [1.82, 2.24) is 15.3 Å². The van der Waals surface area contributed by atoms with Crippen LogP contribution in [0, 0.1) is 0 Å². The summed E-state index contributed by atoms with van der Waals surface area (Å²) in [5.74, 6) is 2.12. The summed E-state index contributed by atoms with van der Waals surface area (Å²) < 4.78 is 5.26. The zero-order valence-electron chi connectivity index (χ0n) is 15.6. The molecule has 4 rings (SSSR count).